The Kier molecular flexibility index (Phi) is 5.34. The number of sulfone groups is 1. The predicted molar refractivity (Wildman–Crippen MR) is 79.0 cm³/mol. The number of methoxy groups -OCH3 is 1. The molecular weight excluding hydrogens is 276 g/mol. The molecule has 1 aromatic rings. The van der Waals surface area contributed by atoms with Gasteiger partial charge in [-0.2, -0.15) is 0 Å². The van der Waals surface area contributed by atoms with Crippen molar-refractivity contribution < 1.29 is 17.9 Å². The predicted octanol–water partition coefficient (Wildman–Crippen LogP) is 3.09. The zero-order valence-electron chi connectivity index (χ0n) is 12.7. The highest BCUT2D eigenvalue weighted by atomic mass is 32.2. The summed E-state index contributed by atoms with van der Waals surface area (Å²) < 4.78 is 28.9. The summed E-state index contributed by atoms with van der Waals surface area (Å²) in [7, 11) is -2.11. The average Bonchev–Trinajstić information content (AvgIpc) is 2.36. The molecule has 0 saturated carbocycles. The van der Waals surface area contributed by atoms with Crippen molar-refractivity contribution in [1.82, 2.24) is 0 Å². The van der Waals surface area contributed by atoms with E-state index < -0.39 is 15.8 Å². The fourth-order valence-electron chi connectivity index (χ4n) is 2.51. The van der Waals surface area contributed by atoms with E-state index in [1.54, 1.807) is 19.1 Å². The number of carbonyl (C=O) groups excluding carboxylic acids is 1. The molecule has 1 aromatic carbocycles. The molecule has 0 N–H and O–H groups in total. The molecule has 0 heterocycles. The van der Waals surface area contributed by atoms with Crippen LogP contribution in [0.4, 0.5) is 0 Å². The van der Waals surface area contributed by atoms with Gasteiger partial charge in [0.15, 0.2) is 9.84 Å². The number of carbonyl (C=O) groups is 1. The lowest BCUT2D eigenvalue weighted by Crippen LogP contribution is -2.13. The van der Waals surface area contributed by atoms with Crippen LogP contribution in [-0.2, 0) is 14.6 Å². The summed E-state index contributed by atoms with van der Waals surface area (Å²) in [4.78, 5) is 12.0. The number of hydrogen-bond donors (Lipinski definition) is 0. The van der Waals surface area contributed by atoms with E-state index in [2.05, 4.69) is 6.92 Å². The van der Waals surface area contributed by atoms with E-state index in [0.29, 0.717) is 11.1 Å². The van der Waals surface area contributed by atoms with E-state index in [9.17, 15) is 13.2 Å². The summed E-state index contributed by atoms with van der Waals surface area (Å²) in [5, 5.41) is 0. The van der Waals surface area contributed by atoms with Crippen molar-refractivity contribution in [1.29, 1.82) is 0 Å². The van der Waals surface area contributed by atoms with Gasteiger partial charge in [0, 0.05) is 6.26 Å². The Morgan fingerprint density at radius 2 is 1.95 bits per heavy atom. The van der Waals surface area contributed by atoms with Crippen molar-refractivity contribution in [2.75, 3.05) is 13.4 Å². The second-order valence-electron chi connectivity index (χ2n) is 5.11. The minimum Gasteiger partial charge on any atom is -0.465 e. The molecule has 0 aromatic heterocycles. The highest BCUT2D eigenvalue weighted by Crippen LogP contribution is 2.31. The quantitative estimate of drug-likeness (QED) is 0.784. The van der Waals surface area contributed by atoms with Crippen LogP contribution in [0.1, 0.15) is 54.1 Å². The van der Waals surface area contributed by atoms with Crippen molar-refractivity contribution in [3.05, 3.63) is 28.8 Å². The molecule has 0 saturated heterocycles. The van der Waals surface area contributed by atoms with Crippen LogP contribution >= 0.6 is 0 Å². The van der Waals surface area contributed by atoms with Gasteiger partial charge in [-0.15, -0.1) is 0 Å². The smallest absolute Gasteiger partial charge is 0.338 e. The molecular formula is C15H22O4S. The number of hydrogen-bond acceptors (Lipinski definition) is 4. The van der Waals surface area contributed by atoms with Crippen LogP contribution in [0, 0.1) is 6.92 Å². The van der Waals surface area contributed by atoms with Crippen LogP contribution in [-0.4, -0.2) is 27.8 Å². The molecule has 0 amide bonds. The van der Waals surface area contributed by atoms with Crippen LogP contribution < -0.4 is 0 Å². The molecule has 1 rings (SSSR count). The summed E-state index contributed by atoms with van der Waals surface area (Å²) >= 11 is 0. The summed E-state index contributed by atoms with van der Waals surface area (Å²) in [6.45, 7) is 5.72. The first kappa shape index (κ1) is 16.7. The molecule has 1 unspecified atom stereocenters. The van der Waals surface area contributed by atoms with Crippen LogP contribution in [0.5, 0.6) is 0 Å². The van der Waals surface area contributed by atoms with Crippen molar-refractivity contribution in [3.8, 4) is 0 Å². The average molecular weight is 298 g/mol. The van der Waals surface area contributed by atoms with Crippen LogP contribution in [0.15, 0.2) is 17.0 Å². The maximum absolute atomic E-state index is 12.1. The third kappa shape index (κ3) is 3.39. The third-order valence-corrected chi connectivity index (χ3v) is 4.75. The maximum Gasteiger partial charge on any atom is 0.338 e. The van der Waals surface area contributed by atoms with Gasteiger partial charge < -0.3 is 4.74 Å². The van der Waals surface area contributed by atoms with Gasteiger partial charge in [-0.25, -0.2) is 13.2 Å². The molecule has 0 fully saturated rings. The van der Waals surface area contributed by atoms with Gasteiger partial charge in [-0.05, 0) is 36.5 Å². The van der Waals surface area contributed by atoms with E-state index in [1.165, 1.54) is 13.4 Å². The SMILES string of the molecule is CCCC(C)c1ccc(C(=O)OC)c(C)c1S(C)(=O)=O. The molecule has 0 aliphatic carbocycles. The lowest BCUT2D eigenvalue weighted by molar-refractivity contribution is 0.0599. The van der Waals surface area contributed by atoms with Gasteiger partial charge in [0.05, 0.1) is 17.6 Å². The summed E-state index contributed by atoms with van der Waals surface area (Å²) in [5.74, 6) is -0.378. The van der Waals surface area contributed by atoms with Gasteiger partial charge in [0.25, 0.3) is 0 Å². The van der Waals surface area contributed by atoms with Gasteiger partial charge >= 0.3 is 5.97 Å². The van der Waals surface area contributed by atoms with E-state index in [4.69, 9.17) is 4.74 Å². The number of benzene rings is 1. The summed E-state index contributed by atoms with van der Waals surface area (Å²) in [5.41, 5.74) is 1.56. The Bertz CT molecular complexity index is 603. The van der Waals surface area contributed by atoms with E-state index in [0.717, 1.165) is 18.4 Å². The fourth-order valence-corrected chi connectivity index (χ4v) is 3.88. The molecule has 0 bridgehead atoms. The van der Waals surface area contributed by atoms with Crippen LogP contribution in [0.2, 0.25) is 0 Å². The van der Waals surface area contributed by atoms with Gasteiger partial charge in [0.2, 0.25) is 0 Å². The first-order valence-corrected chi connectivity index (χ1v) is 8.55. The minimum atomic E-state index is -3.40. The first-order valence-electron chi connectivity index (χ1n) is 6.65. The van der Waals surface area contributed by atoms with Crippen molar-refractivity contribution in [2.45, 2.75) is 44.4 Å². The number of rotatable bonds is 5. The Balaban J connectivity index is 3.57. The zero-order chi connectivity index (χ0) is 15.5. The van der Waals surface area contributed by atoms with E-state index in [1.807, 2.05) is 6.92 Å². The maximum atomic E-state index is 12.1. The normalized spacial score (nSPS) is 13.1. The topological polar surface area (TPSA) is 60.4 Å². The standard InChI is InChI=1S/C15H22O4S/c1-6-7-10(2)12-8-9-13(15(16)19-4)11(3)14(12)20(5,17)18/h8-10H,6-7H2,1-5H3. The van der Waals surface area contributed by atoms with Crippen LogP contribution in [0.3, 0.4) is 0 Å². The Hall–Kier alpha value is -1.36. The third-order valence-electron chi connectivity index (χ3n) is 3.47. The molecule has 0 aliphatic heterocycles. The molecule has 112 valence electrons. The molecule has 20 heavy (non-hydrogen) atoms. The molecule has 4 nitrogen and oxygen atoms in total. The molecule has 0 aliphatic rings. The summed E-state index contributed by atoms with van der Waals surface area (Å²) in [6.07, 6.45) is 3.06. The Morgan fingerprint density at radius 3 is 2.40 bits per heavy atom. The Morgan fingerprint density at radius 1 is 1.35 bits per heavy atom. The number of esters is 1. The highest BCUT2D eigenvalue weighted by Gasteiger charge is 2.24. The molecule has 1 atom stereocenters. The van der Waals surface area contributed by atoms with Gasteiger partial charge in [-0.1, -0.05) is 26.3 Å². The lowest BCUT2D eigenvalue weighted by atomic mass is 9.93. The Labute approximate surface area is 121 Å². The van der Waals surface area contributed by atoms with Gasteiger partial charge in [0.1, 0.15) is 0 Å². The monoisotopic (exact) mass is 298 g/mol. The largest absolute Gasteiger partial charge is 0.465 e. The van der Waals surface area contributed by atoms with E-state index in [-0.39, 0.29) is 10.8 Å². The van der Waals surface area contributed by atoms with Gasteiger partial charge in [-0.3, -0.25) is 0 Å². The highest BCUT2D eigenvalue weighted by molar-refractivity contribution is 7.90. The van der Waals surface area contributed by atoms with E-state index >= 15 is 0 Å². The minimum absolute atomic E-state index is 0.134. The van der Waals surface area contributed by atoms with Crippen LogP contribution in [0.25, 0.3) is 0 Å². The van der Waals surface area contributed by atoms with Crippen molar-refractivity contribution >= 4 is 15.8 Å². The molecule has 5 heteroatoms. The number of ether oxygens (including phenoxy) is 1. The van der Waals surface area contributed by atoms with Crippen molar-refractivity contribution in [2.24, 2.45) is 0 Å². The lowest BCUT2D eigenvalue weighted by Gasteiger charge is -2.18. The molecule has 0 radical (unpaired) electrons. The second-order valence-corrected chi connectivity index (χ2v) is 7.06. The molecule has 0 spiro atoms. The first-order chi connectivity index (χ1) is 9.23. The summed E-state index contributed by atoms with van der Waals surface area (Å²) in [6, 6.07) is 3.38. The second kappa shape index (κ2) is 6.39. The fraction of sp³-hybridized carbons (Fsp3) is 0.533. The van der Waals surface area contributed by atoms with Crippen molar-refractivity contribution in [3.63, 3.8) is 0 Å². The zero-order valence-corrected chi connectivity index (χ0v) is 13.5.